The first kappa shape index (κ1) is 23.9. The highest BCUT2D eigenvalue weighted by atomic mass is 16.5. The van der Waals surface area contributed by atoms with Gasteiger partial charge >= 0.3 is 11.9 Å². The zero-order chi connectivity index (χ0) is 24.2. The SMILES string of the molecule is C[C@H]1CC2C3CCC4=CC(=O)CC[C@]4(C)C3=CC[C@]2(C)[C@@]1(C)C(=O)COC(=O)CCC(=O)O. The molecule has 33 heavy (non-hydrogen) atoms. The first-order valence-corrected chi connectivity index (χ1v) is 12.3. The summed E-state index contributed by atoms with van der Waals surface area (Å²) in [5.41, 5.74) is 1.87. The van der Waals surface area contributed by atoms with E-state index in [4.69, 9.17) is 9.84 Å². The number of Topliss-reactive ketones (excluding diaryl/α,β-unsaturated/α-hetero) is 1. The molecule has 0 aliphatic heterocycles. The Labute approximate surface area is 195 Å². The number of fused-ring (bicyclic) bond motifs is 5. The molecule has 4 aliphatic carbocycles. The fourth-order valence-electron chi connectivity index (χ4n) is 7.60. The number of hydrogen-bond acceptors (Lipinski definition) is 5. The smallest absolute Gasteiger partial charge is 0.306 e. The average Bonchev–Trinajstić information content (AvgIpc) is 2.98. The second kappa shape index (κ2) is 8.21. The van der Waals surface area contributed by atoms with Crippen molar-refractivity contribution >= 4 is 23.5 Å². The van der Waals surface area contributed by atoms with Crippen molar-refractivity contribution in [3.05, 3.63) is 23.3 Å². The van der Waals surface area contributed by atoms with E-state index in [0.29, 0.717) is 18.3 Å². The van der Waals surface area contributed by atoms with E-state index in [0.717, 1.165) is 32.1 Å². The van der Waals surface area contributed by atoms with Crippen molar-refractivity contribution in [1.29, 1.82) is 0 Å². The summed E-state index contributed by atoms with van der Waals surface area (Å²) < 4.78 is 5.20. The third-order valence-electron chi connectivity index (χ3n) is 9.99. The van der Waals surface area contributed by atoms with Gasteiger partial charge in [0, 0.05) is 17.3 Å². The molecule has 0 aromatic carbocycles. The van der Waals surface area contributed by atoms with Crippen molar-refractivity contribution in [2.24, 2.45) is 34.0 Å². The molecular formula is C27H36O6. The predicted octanol–water partition coefficient (Wildman–Crippen LogP) is 4.67. The minimum atomic E-state index is -1.06. The van der Waals surface area contributed by atoms with Crippen LogP contribution in [-0.4, -0.2) is 35.2 Å². The minimum absolute atomic E-state index is 0.0376. The number of rotatable bonds is 6. The average molecular weight is 457 g/mol. The predicted molar refractivity (Wildman–Crippen MR) is 122 cm³/mol. The summed E-state index contributed by atoms with van der Waals surface area (Å²) >= 11 is 0. The van der Waals surface area contributed by atoms with Crippen LogP contribution in [0.3, 0.4) is 0 Å². The first-order chi connectivity index (χ1) is 15.4. The molecule has 6 heteroatoms. The summed E-state index contributed by atoms with van der Waals surface area (Å²) in [6, 6.07) is 0. The van der Waals surface area contributed by atoms with E-state index in [9.17, 15) is 19.2 Å². The lowest BCUT2D eigenvalue weighted by Crippen LogP contribution is -2.51. The summed E-state index contributed by atoms with van der Waals surface area (Å²) in [5.74, 6) is -0.577. The Kier molecular flexibility index (Phi) is 5.95. The maximum Gasteiger partial charge on any atom is 0.306 e. The molecule has 2 fully saturated rings. The van der Waals surface area contributed by atoms with Gasteiger partial charge < -0.3 is 9.84 Å². The molecule has 0 aromatic heterocycles. The Balaban J connectivity index is 1.57. The molecule has 4 rings (SSSR count). The molecule has 180 valence electrons. The van der Waals surface area contributed by atoms with E-state index in [2.05, 4.69) is 26.8 Å². The van der Waals surface area contributed by atoms with E-state index >= 15 is 0 Å². The zero-order valence-corrected chi connectivity index (χ0v) is 20.2. The standard InChI is InChI=1S/C27H36O6/c1-16-13-21-19-6-5-17-14-18(28)9-11-25(17,2)20(19)10-12-26(21,3)27(16,4)22(29)15-33-24(32)8-7-23(30)31/h10,14,16,19,21H,5-9,11-13,15H2,1-4H3,(H,30,31)/t16-,19?,21?,25-,26-,27+/m0/s1. The van der Waals surface area contributed by atoms with Gasteiger partial charge in [-0.3, -0.25) is 19.2 Å². The fraction of sp³-hybridized carbons (Fsp3) is 0.704. The van der Waals surface area contributed by atoms with Crippen LogP contribution in [0.25, 0.3) is 0 Å². The maximum absolute atomic E-state index is 13.5. The Hall–Kier alpha value is -2.24. The molecule has 2 unspecified atom stereocenters. The van der Waals surface area contributed by atoms with Crippen molar-refractivity contribution in [1.82, 2.24) is 0 Å². The van der Waals surface area contributed by atoms with Crippen LogP contribution in [0.5, 0.6) is 0 Å². The molecule has 0 bridgehead atoms. The van der Waals surface area contributed by atoms with Crippen molar-refractivity contribution in [2.45, 2.75) is 79.1 Å². The molecule has 6 nitrogen and oxygen atoms in total. The van der Waals surface area contributed by atoms with Gasteiger partial charge in [-0.05, 0) is 61.3 Å². The molecule has 0 spiro atoms. The van der Waals surface area contributed by atoms with E-state index in [1.807, 2.05) is 13.0 Å². The minimum Gasteiger partial charge on any atom is -0.481 e. The normalized spacial score (nSPS) is 39.5. The van der Waals surface area contributed by atoms with Crippen LogP contribution in [0.4, 0.5) is 0 Å². The van der Waals surface area contributed by atoms with Gasteiger partial charge in [0.2, 0.25) is 0 Å². The van der Waals surface area contributed by atoms with E-state index < -0.39 is 17.4 Å². The number of esters is 1. The Morgan fingerprint density at radius 1 is 1.15 bits per heavy atom. The van der Waals surface area contributed by atoms with Crippen LogP contribution >= 0.6 is 0 Å². The molecule has 4 aliphatic rings. The molecule has 0 amide bonds. The highest BCUT2D eigenvalue weighted by Crippen LogP contribution is 2.69. The number of carboxylic acid groups (broad SMARTS) is 1. The third kappa shape index (κ3) is 3.60. The Morgan fingerprint density at radius 3 is 2.58 bits per heavy atom. The lowest BCUT2D eigenvalue weighted by molar-refractivity contribution is -0.156. The lowest BCUT2D eigenvalue weighted by atomic mass is 9.48. The quantitative estimate of drug-likeness (QED) is 0.461. The van der Waals surface area contributed by atoms with Crippen LogP contribution in [0, 0.1) is 34.0 Å². The first-order valence-electron chi connectivity index (χ1n) is 12.3. The summed E-state index contributed by atoms with van der Waals surface area (Å²) in [5, 5.41) is 8.75. The molecule has 2 saturated carbocycles. The molecule has 6 atom stereocenters. The second-order valence-electron chi connectivity index (χ2n) is 11.3. The Bertz CT molecular complexity index is 960. The summed E-state index contributed by atoms with van der Waals surface area (Å²) in [6.07, 6.45) is 8.94. The van der Waals surface area contributed by atoms with Gasteiger partial charge in [-0.25, -0.2) is 0 Å². The van der Waals surface area contributed by atoms with Crippen molar-refractivity contribution in [3.8, 4) is 0 Å². The highest BCUT2D eigenvalue weighted by Gasteiger charge is 2.65. The number of ether oxygens (including phenoxy) is 1. The molecule has 1 N–H and O–H groups in total. The summed E-state index contributed by atoms with van der Waals surface area (Å²) in [4.78, 5) is 48.2. The van der Waals surface area contributed by atoms with Gasteiger partial charge in [0.15, 0.2) is 18.2 Å². The van der Waals surface area contributed by atoms with Crippen LogP contribution in [0.2, 0.25) is 0 Å². The van der Waals surface area contributed by atoms with Gasteiger partial charge in [0.1, 0.15) is 0 Å². The van der Waals surface area contributed by atoms with Crippen LogP contribution < -0.4 is 0 Å². The second-order valence-corrected chi connectivity index (χ2v) is 11.3. The van der Waals surface area contributed by atoms with Gasteiger partial charge in [0.05, 0.1) is 12.8 Å². The molecular weight excluding hydrogens is 420 g/mol. The number of carboxylic acids is 1. The van der Waals surface area contributed by atoms with Crippen molar-refractivity contribution < 1.29 is 29.0 Å². The van der Waals surface area contributed by atoms with Gasteiger partial charge in [-0.15, -0.1) is 0 Å². The van der Waals surface area contributed by atoms with Gasteiger partial charge in [-0.2, -0.15) is 0 Å². The van der Waals surface area contributed by atoms with Crippen LogP contribution in [-0.2, 0) is 23.9 Å². The van der Waals surface area contributed by atoms with Gasteiger partial charge in [-0.1, -0.05) is 44.9 Å². The summed E-state index contributed by atoms with van der Waals surface area (Å²) in [6.45, 7) is 8.42. The number of aliphatic carboxylic acids is 1. The summed E-state index contributed by atoms with van der Waals surface area (Å²) in [7, 11) is 0. The third-order valence-corrected chi connectivity index (χ3v) is 9.99. The topological polar surface area (TPSA) is 97.7 Å². The van der Waals surface area contributed by atoms with E-state index in [1.165, 1.54) is 11.1 Å². The number of allylic oxidation sites excluding steroid dienone is 4. The van der Waals surface area contributed by atoms with Gasteiger partial charge in [0.25, 0.3) is 0 Å². The number of ketones is 2. The molecule has 0 radical (unpaired) electrons. The van der Waals surface area contributed by atoms with Crippen molar-refractivity contribution in [2.75, 3.05) is 6.61 Å². The van der Waals surface area contributed by atoms with Crippen LogP contribution in [0.15, 0.2) is 23.3 Å². The maximum atomic E-state index is 13.5. The lowest BCUT2D eigenvalue weighted by Gasteiger charge is -2.55. The molecule has 0 saturated heterocycles. The largest absolute Gasteiger partial charge is 0.481 e. The number of carbonyl (C=O) groups excluding carboxylic acids is 3. The van der Waals surface area contributed by atoms with Crippen molar-refractivity contribution in [3.63, 3.8) is 0 Å². The Morgan fingerprint density at radius 2 is 1.88 bits per heavy atom. The van der Waals surface area contributed by atoms with E-state index in [-0.39, 0.29) is 47.8 Å². The number of hydrogen-bond donors (Lipinski definition) is 1. The monoisotopic (exact) mass is 456 g/mol. The molecule has 0 heterocycles. The fourth-order valence-corrected chi connectivity index (χ4v) is 7.60. The highest BCUT2D eigenvalue weighted by molar-refractivity contribution is 5.92. The van der Waals surface area contributed by atoms with E-state index in [1.54, 1.807) is 0 Å². The van der Waals surface area contributed by atoms with Crippen LogP contribution in [0.1, 0.15) is 79.1 Å². The number of carbonyl (C=O) groups is 4. The zero-order valence-electron chi connectivity index (χ0n) is 20.2. The molecule has 0 aromatic rings.